The second kappa shape index (κ2) is 8.74. The maximum atomic E-state index is 13.5. The summed E-state index contributed by atoms with van der Waals surface area (Å²) in [5, 5.41) is 4.41. The number of thiocarbonyl (C=S) groups is 1. The third kappa shape index (κ3) is 5.25. The fraction of sp³-hybridized carbons (Fsp3) is 0.100. The highest BCUT2D eigenvalue weighted by atomic mass is 35.5. The van der Waals surface area contributed by atoms with Crippen molar-refractivity contribution in [1.29, 1.82) is 0 Å². The minimum Gasteiger partial charge on any atom is -0.340 e. The maximum Gasteiger partial charge on any atom is 0.174 e. The van der Waals surface area contributed by atoms with E-state index in [-0.39, 0.29) is 5.82 Å². The van der Waals surface area contributed by atoms with Gasteiger partial charge in [-0.05, 0) is 65.8 Å². The summed E-state index contributed by atoms with van der Waals surface area (Å²) in [6.45, 7) is 1.04. The standard InChI is InChI=1S/C20H17ClFN3S/c21-17-6-8-19(9-7-17)24-20(26)25(14-16-4-2-10-23-12-16)13-15-3-1-5-18(22)11-15/h1-12H,13-14H2,(H,24,26). The summed E-state index contributed by atoms with van der Waals surface area (Å²) in [4.78, 5) is 6.11. The molecule has 0 aliphatic carbocycles. The van der Waals surface area contributed by atoms with E-state index in [4.69, 9.17) is 23.8 Å². The van der Waals surface area contributed by atoms with E-state index in [1.165, 1.54) is 12.1 Å². The third-order valence-electron chi connectivity index (χ3n) is 3.74. The van der Waals surface area contributed by atoms with Gasteiger partial charge in [0.2, 0.25) is 0 Å². The maximum absolute atomic E-state index is 13.5. The van der Waals surface area contributed by atoms with Crippen molar-refractivity contribution in [2.24, 2.45) is 0 Å². The fourth-order valence-corrected chi connectivity index (χ4v) is 2.88. The molecule has 0 atom stereocenters. The number of nitrogens with one attached hydrogen (secondary N) is 1. The van der Waals surface area contributed by atoms with E-state index >= 15 is 0 Å². The molecule has 0 saturated carbocycles. The van der Waals surface area contributed by atoms with E-state index in [0.29, 0.717) is 23.2 Å². The molecule has 3 rings (SSSR count). The Kier molecular flexibility index (Phi) is 6.15. The van der Waals surface area contributed by atoms with Crippen molar-refractivity contribution < 1.29 is 4.39 Å². The van der Waals surface area contributed by atoms with Crippen molar-refractivity contribution in [3.05, 3.63) is 95.0 Å². The van der Waals surface area contributed by atoms with Crippen LogP contribution in [0.2, 0.25) is 5.02 Å². The van der Waals surface area contributed by atoms with Crippen LogP contribution in [0, 0.1) is 5.82 Å². The SMILES string of the molecule is Fc1cccc(CN(Cc2cccnc2)C(=S)Nc2ccc(Cl)cc2)c1. The summed E-state index contributed by atoms with van der Waals surface area (Å²) in [6.07, 6.45) is 3.52. The first-order chi connectivity index (χ1) is 12.6. The quantitative estimate of drug-likeness (QED) is 0.605. The molecule has 0 unspecified atom stereocenters. The number of pyridine rings is 1. The van der Waals surface area contributed by atoms with Gasteiger partial charge in [0.1, 0.15) is 5.82 Å². The molecular formula is C20H17ClFN3S. The highest BCUT2D eigenvalue weighted by molar-refractivity contribution is 7.80. The average Bonchev–Trinajstić information content (AvgIpc) is 2.64. The molecule has 0 fully saturated rings. The Balaban J connectivity index is 1.79. The van der Waals surface area contributed by atoms with Crippen molar-refractivity contribution in [2.75, 3.05) is 5.32 Å². The number of benzene rings is 2. The van der Waals surface area contributed by atoms with Gasteiger partial charge < -0.3 is 10.2 Å². The summed E-state index contributed by atoms with van der Waals surface area (Å²) in [7, 11) is 0. The number of aromatic nitrogens is 1. The van der Waals surface area contributed by atoms with Crippen LogP contribution in [0.25, 0.3) is 0 Å². The second-order valence-electron chi connectivity index (χ2n) is 5.78. The van der Waals surface area contributed by atoms with Gasteiger partial charge in [-0.15, -0.1) is 0 Å². The first kappa shape index (κ1) is 18.3. The second-order valence-corrected chi connectivity index (χ2v) is 6.61. The highest BCUT2D eigenvalue weighted by Gasteiger charge is 2.12. The summed E-state index contributed by atoms with van der Waals surface area (Å²) in [5.74, 6) is -0.264. The lowest BCUT2D eigenvalue weighted by atomic mass is 10.2. The topological polar surface area (TPSA) is 28.2 Å². The van der Waals surface area contributed by atoms with Crippen LogP contribution in [0.4, 0.5) is 10.1 Å². The number of halogens is 2. The zero-order valence-electron chi connectivity index (χ0n) is 13.9. The minimum absolute atomic E-state index is 0.264. The smallest absolute Gasteiger partial charge is 0.174 e. The van der Waals surface area contributed by atoms with Crippen LogP contribution in [0.5, 0.6) is 0 Å². The molecule has 6 heteroatoms. The molecule has 0 amide bonds. The van der Waals surface area contributed by atoms with Crippen molar-refractivity contribution in [2.45, 2.75) is 13.1 Å². The van der Waals surface area contributed by atoms with Crippen molar-refractivity contribution in [1.82, 2.24) is 9.88 Å². The summed E-state index contributed by atoms with van der Waals surface area (Å²) < 4.78 is 13.5. The van der Waals surface area contributed by atoms with Crippen LogP contribution in [0.3, 0.4) is 0 Å². The molecular weight excluding hydrogens is 369 g/mol. The summed E-state index contributed by atoms with van der Waals surface area (Å²) in [6, 6.07) is 17.7. The van der Waals surface area contributed by atoms with Crippen LogP contribution >= 0.6 is 23.8 Å². The van der Waals surface area contributed by atoms with Gasteiger partial charge in [-0.2, -0.15) is 0 Å². The number of hydrogen-bond donors (Lipinski definition) is 1. The van der Waals surface area contributed by atoms with Gasteiger partial charge in [-0.3, -0.25) is 4.98 Å². The van der Waals surface area contributed by atoms with Gasteiger partial charge in [-0.25, -0.2) is 4.39 Å². The van der Waals surface area contributed by atoms with Gasteiger partial charge >= 0.3 is 0 Å². The zero-order valence-corrected chi connectivity index (χ0v) is 15.5. The molecule has 0 spiro atoms. The number of rotatable bonds is 5. The third-order valence-corrected chi connectivity index (χ3v) is 4.35. The Bertz CT molecular complexity index is 872. The summed E-state index contributed by atoms with van der Waals surface area (Å²) >= 11 is 11.5. The first-order valence-corrected chi connectivity index (χ1v) is 8.83. The molecule has 0 radical (unpaired) electrons. The monoisotopic (exact) mass is 385 g/mol. The first-order valence-electron chi connectivity index (χ1n) is 8.05. The average molecular weight is 386 g/mol. The molecule has 3 nitrogen and oxygen atoms in total. The van der Waals surface area contributed by atoms with E-state index in [2.05, 4.69) is 10.3 Å². The minimum atomic E-state index is -0.264. The highest BCUT2D eigenvalue weighted by Crippen LogP contribution is 2.16. The largest absolute Gasteiger partial charge is 0.340 e. The van der Waals surface area contributed by atoms with Crippen molar-refractivity contribution in [3.8, 4) is 0 Å². The lowest BCUT2D eigenvalue weighted by Gasteiger charge is -2.26. The molecule has 0 aliphatic heterocycles. The van der Waals surface area contributed by atoms with Crippen LogP contribution in [-0.4, -0.2) is 15.0 Å². The molecule has 2 aromatic carbocycles. The predicted octanol–water partition coefficient (Wildman–Crippen LogP) is 5.27. The molecule has 1 aromatic heterocycles. The Morgan fingerprint density at radius 3 is 2.46 bits per heavy atom. The number of hydrogen-bond acceptors (Lipinski definition) is 2. The van der Waals surface area contributed by atoms with Crippen LogP contribution in [0.15, 0.2) is 73.1 Å². The molecule has 26 heavy (non-hydrogen) atoms. The molecule has 132 valence electrons. The molecule has 1 heterocycles. The lowest BCUT2D eigenvalue weighted by Crippen LogP contribution is -2.33. The van der Waals surface area contributed by atoms with Crippen LogP contribution < -0.4 is 5.32 Å². The van der Waals surface area contributed by atoms with Crippen LogP contribution in [0.1, 0.15) is 11.1 Å². The Labute approximate surface area is 162 Å². The fourth-order valence-electron chi connectivity index (χ4n) is 2.50. The molecule has 0 aliphatic rings. The van der Waals surface area contributed by atoms with Gasteiger partial charge in [0.25, 0.3) is 0 Å². The Morgan fingerprint density at radius 1 is 1.04 bits per heavy atom. The van der Waals surface area contributed by atoms with Gasteiger partial charge in [0.15, 0.2) is 5.11 Å². The summed E-state index contributed by atoms with van der Waals surface area (Å²) in [5.41, 5.74) is 2.70. The van der Waals surface area contributed by atoms with E-state index in [1.807, 2.05) is 35.2 Å². The molecule has 3 aromatic rings. The Morgan fingerprint density at radius 2 is 1.77 bits per heavy atom. The van der Waals surface area contributed by atoms with Crippen molar-refractivity contribution in [3.63, 3.8) is 0 Å². The number of anilines is 1. The molecule has 0 bridgehead atoms. The Hall–Kier alpha value is -2.50. The predicted molar refractivity (Wildman–Crippen MR) is 108 cm³/mol. The van der Waals surface area contributed by atoms with E-state index < -0.39 is 0 Å². The molecule has 1 N–H and O–H groups in total. The van der Waals surface area contributed by atoms with Gasteiger partial charge in [-0.1, -0.05) is 29.8 Å². The van der Waals surface area contributed by atoms with E-state index in [1.54, 1.807) is 30.6 Å². The lowest BCUT2D eigenvalue weighted by molar-refractivity contribution is 0.411. The normalized spacial score (nSPS) is 10.4. The van der Waals surface area contributed by atoms with Gasteiger partial charge in [0.05, 0.1) is 0 Å². The van der Waals surface area contributed by atoms with E-state index in [0.717, 1.165) is 16.8 Å². The van der Waals surface area contributed by atoms with Crippen molar-refractivity contribution >= 4 is 34.6 Å². The van der Waals surface area contributed by atoms with E-state index in [9.17, 15) is 4.39 Å². The van der Waals surface area contributed by atoms with Gasteiger partial charge in [0, 0.05) is 36.2 Å². The zero-order chi connectivity index (χ0) is 18.4. The van der Waals surface area contributed by atoms with Crippen LogP contribution in [-0.2, 0) is 13.1 Å². The number of nitrogens with zero attached hydrogens (tertiary/aromatic N) is 2. The molecule has 0 saturated heterocycles.